The quantitative estimate of drug-likeness (QED) is 0.400. The number of H-pyrrole nitrogens is 1. The van der Waals surface area contributed by atoms with Crippen LogP contribution in [0.5, 0.6) is 0 Å². The monoisotopic (exact) mass is 514 g/mol. The number of nitrogens with zero attached hydrogens (tertiary/aromatic N) is 3. The fraction of sp³-hybridized carbons (Fsp3) is 0.333. The summed E-state index contributed by atoms with van der Waals surface area (Å²) in [6.07, 6.45) is 1.42. The smallest absolute Gasteiger partial charge is 0.335 e. The molecule has 2 heterocycles. The van der Waals surface area contributed by atoms with Crippen molar-refractivity contribution in [2.45, 2.75) is 50.0 Å². The molecular formula is C24H27ClN6O3S. The Kier molecular flexibility index (Phi) is 7.82. The summed E-state index contributed by atoms with van der Waals surface area (Å²) in [6.45, 7) is 4.28. The van der Waals surface area contributed by atoms with Gasteiger partial charge in [0.25, 0.3) is 0 Å². The van der Waals surface area contributed by atoms with Crippen LogP contribution in [0.25, 0.3) is 0 Å². The molecule has 3 aromatic rings. The minimum Gasteiger partial charge on any atom is -0.372 e. The molecule has 11 heteroatoms. The van der Waals surface area contributed by atoms with Gasteiger partial charge in [-0.15, -0.1) is 0 Å². The first-order valence-electron chi connectivity index (χ1n) is 11.4. The molecule has 1 amide bonds. The van der Waals surface area contributed by atoms with Crippen LogP contribution in [0.1, 0.15) is 32.3 Å². The number of aromatic amines is 1. The van der Waals surface area contributed by atoms with Crippen molar-refractivity contribution < 1.29 is 4.79 Å². The maximum Gasteiger partial charge on any atom is 0.335 e. The second kappa shape index (κ2) is 11.0. The molecule has 0 radical (unpaired) electrons. The molecule has 1 aliphatic heterocycles. The zero-order chi connectivity index (χ0) is 24.9. The van der Waals surface area contributed by atoms with Gasteiger partial charge in [-0.25, -0.2) is 19.1 Å². The fourth-order valence-electron chi connectivity index (χ4n) is 3.72. The highest BCUT2D eigenvalue weighted by Gasteiger charge is 2.20. The molecule has 1 aromatic heterocycles. The summed E-state index contributed by atoms with van der Waals surface area (Å²) < 4.78 is 2.57. The average molecular weight is 515 g/mol. The zero-order valence-electron chi connectivity index (χ0n) is 19.5. The first-order chi connectivity index (χ1) is 16.8. The van der Waals surface area contributed by atoms with Crippen molar-refractivity contribution in [2.24, 2.45) is 4.99 Å². The third-order valence-corrected chi connectivity index (χ3v) is 7.10. The molecule has 2 aromatic carbocycles. The maximum atomic E-state index is 13.4. The van der Waals surface area contributed by atoms with Crippen LogP contribution in [0.3, 0.4) is 0 Å². The highest BCUT2D eigenvalue weighted by molar-refractivity contribution is 8.00. The molecule has 1 aliphatic rings. The lowest BCUT2D eigenvalue weighted by Gasteiger charge is -2.11. The number of amides is 1. The minimum absolute atomic E-state index is 0.161. The molecule has 1 unspecified atom stereocenters. The summed E-state index contributed by atoms with van der Waals surface area (Å²) in [5.41, 5.74) is 1.66. The molecule has 0 bridgehead atoms. The Labute approximate surface area is 211 Å². The Balaban J connectivity index is 1.74. The van der Waals surface area contributed by atoms with Gasteiger partial charge in [0, 0.05) is 35.6 Å². The number of hydrogen-bond acceptors (Lipinski definition) is 6. The van der Waals surface area contributed by atoms with E-state index < -0.39 is 11.4 Å². The van der Waals surface area contributed by atoms with Crippen LogP contribution in [-0.4, -0.2) is 31.9 Å². The molecule has 4 rings (SSSR count). The Morgan fingerprint density at radius 3 is 2.66 bits per heavy atom. The Morgan fingerprint density at radius 2 is 1.94 bits per heavy atom. The van der Waals surface area contributed by atoms with Crippen LogP contribution in [0.15, 0.2) is 61.9 Å². The lowest BCUT2D eigenvalue weighted by atomic mass is 10.2. The van der Waals surface area contributed by atoms with E-state index >= 15 is 0 Å². The number of hydrogen-bond donors (Lipinski definition) is 3. The van der Waals surface area contributed by atoms with E-state index in [2.05, 4.69) is 27.5 Å². The summed E-state index contributed by atoms with van der Waals surface area (Å²) in [4.78, 5) is 45.8. The number of halogens is 1. The summed E-state index contributed by atoms with van der Waals surface area (Å²) in [6, 6.07) is 12.9. The summed E-state index contributed by atoms with van der Waals surface area (Å²) in [7, 11) is 0. The van der Waals surface area contributed by atoms with Gasteiger partial charge in [-0.1, -0.05) is 42.4 Å². The maximum absolute atomic E-state index is 13.4. The van der Waals surface area contributed by atoms with Gasteiger partial charge in [0.05, 0.1) is 17.6 Å². The van der Waals surface area contributed by atoms with Gasteiger partial charge in [0.1, 0.15) is 0 Å². The van der Waals surface area contributed by atoms with E-state index in [0.29, 0.717) is 29.0 Å². The van der Waals surface area contributed by atoms with Crippen molar-refractivity contribution in [3.63, 3.8) is 0 Å². The molecular weight excluding hydrogens is 488 g/mol. The van der Waals surface area contributed by atoms with Crippen molar-refractivity contribution in [1.82, 2.24) is 19.4 Å². The van der Waals surface area contributed by atoms with Crippen LogP contribution in [0, 0.1) is 0 Å². The molecule has 0 saturated heterocycles. The third-order valence-electron chi connectivity index (χ3n) is 5.52. The molecule has 0 saturated carbocycles. The number of carbonyl (C=O) groups is 1. The lowest BCUT2D eigenvalue weighted by Crippen LogP contribution is -2.50. The Bertz CT molecular complexity index is 1410. The van der Waals surface area contributed by atoms with Gasteiger partial charge in [0.15, 0.2) is 0 Å². The van der Waals surface area contributed by atoms with E-state index in [1.807, 2.05) is 30.3 Å². The number of anilines is 1. The number of fused-ring (bicyclic) bond motifs is 1. The second-order valence-corrected chi connectivity index (χ2v) is 9.87. The minimum atomic E-state index is -0.549. The molecule has 35 heavy (non-hydrogen) atoms. The largest absolute Gasteiger partial charge is 0.372 e. The molecule has 3 N–H and O–H groups in total. The van der Waals surface area contributed by atoms with Gasteiger partial charge < -0.3 is 10.6 Å². The van der Waals surface area contributed by atoms with Crippen LogP contribution in [-0.2, 0) is 17.9 Å². The summed E-state index contributed by atoms with van der Waals surface area (Å²) in [5.74, 6) is -0.161. The van der Waals surface area contributed by atoms with E-state index in [1.165, 1.54) is 11.5 Å². The Morgan fingerprint density at radius 1 is 1.17 bits per heavy atom. The SMILES string of the molecule is CCC1Nc2ccc(/N=c3\[nH]c(=O)n(CCCNC(C)=O)c(=O)n3Cc3ccc(Cl)cc3)cc2S1. The number of rotatable bonds is 8. The van der Waals surface area contributed by atoms with Gasteiger partial charge in [-0.3, -0.25) is 14.3 Å². The molecule has 0 spiro atoms. The highest BCUT2D eigenvalue weighted by Crippen LogP contribution is 2.41. The van der Waals surface area contributed by atoms with Gasteiger partial charge in [-0.2, -0.15) is 0 Å². The average Bonchev–Trinajstić information content (AvgIpc) is 3.24. The highest BCUT2D eigenvalue weighted by atomic mass is 35.5. The number of aromatic nitrogens is 3. The molecule has 1 atom stereocenters. The van der Waals surface area contributed by atoms with Crippen molar-refractivity contribution in [3.05, 3.63) is 79.6 Å². The third kappa shape index (κ3) is 6.07. The van der Waals surface area contributed by atoms with Crippen molar-refractivity contribution in [3.8, 4) is 0 Å². The summed E-state index contributed by atoms with van der Waals surface area (Å²) >= 11 is 7.75. The molecule has 0 fully saturated rings. The predicted molar refractivity (Wildman–Crippen MR) is 138 cm³/mol. The van der Waals surface area contributed by atoms with E-state index in [4.69, 9.17) is 11.6 Å². The van der Waals surface area contributed by atoms with Crippen molar-refractivity contribution in [2.75, 3.05) is 11.9 Å². The Hall–Kier alpha value is -3.24. The lowest BCUT2D eigenvalue weighted by molar-refractivity contribution is -0.118. The van der Waals surface area contributed by atoms with Crippen LogP contribution in [0.4, 0.5) is 11.4 Å². The van der Waals surface area contributed by atoms with Crippen LogP contribution < -0.4 is 27.6 Å². The number of nitrogens with one attached hydrogen (secondary N) is 3. The topological polar surface area (TPSA) is 113 Å². The first-order valence-corrected chi connectivity index (χ1v) is 12.6. The van der Waals surface area contributed by atoms with Gasteiger partial charge >= 0.3 is 11.4 Å². The first kappa shape index (κ1) is 24.9. The fourth-order valence-corrected chi connectivity index (χ4v) is 4.94. The molecule has 0 aliphatic carbocycles. The number of benzene rings is 2. The second-order valence-electron chi connectivity index (χ2n) is 8.19. The van der Waals surface area contributed by atoms with Gasteiger partial charge in [0.2, 0.25) is 11.5 Å². The normalized spacial score (nSPS) is 15.1. The standard InChI is InChI=1S/C24H27ClN6O3S/c1-3-21-28-19-10-9-18(13-20(19)35-21)27-22-29-23(33)30(12-4-11-26-15(2)32)24(34)31(22)14-16-5-7-17(25)8-6-16/h5-10,13,21,28H,3-4,11-12,14H2,1-2H3,(H,26,32)(H,27,29,33). The van der Waals surface area contributed by atoms with Crippen molar-refractivity contribution >= 4 is 40.6 Å². The van der Waals surface area contributed by atoms with E-state index in [0.717, 1.165) is 27.1 Å². The predicted octanol–water partition coefficient (Wildman–Crippen LogP) is 3.05. The van der Waals surface area contributed by atoms with E-state index in [-0.39, 0.29) is 24.6 Å². The van der Waals surface area contributed by atoms with E-state index in [9.17, 15) is 14.4 Å². The van der Waals surface area contributed by atoms with Crippen LogP contribution in [0.2, 0.25) is 5.02 Å². The van der Waals surface area contributed by atoms with Crippen LogP contribution >= 0.6 is 23.4 Å². The van der Waals surface area contributed by atoms with Gasteiger partial charge in [-0.05, 0) is 48.7 Å². The van der Waals surface area contributed by atoms with E-state index in [1.54, 1.807) is 23.9 Å². The zero-order valence-corrected chi connectivity index (χ0v) is 21.1. The number of carbonyl (C=O) groups excluding carboxylic acids is 1. The molecule has 9 nitrogen and oxygen atoms in total. The summed E-state index contributed by atoms with van der Waals surface area (Å²) in [5, 5.41) is 7.03. The van der Waals surface area contributed by atoms with Crippen molar-refractivity contribution in [1.29, 1.82) is 0 Å². The number of thioether (sulfide) groups is 1. The molecule has 184 valence electrons.